The summed E-state index contributed by atoms with van der Waals surface area (Å²) in [6.07, 6.45) is 0.795. The van der Waals surface area contributed by atoms with Crippen molar-refractivity contribution in [3.8, 4) is 11.1 Å². The molecule has 0 aliphatic rings. The number of non-ortho nitro benzene ring substituents is 1. The van der Waals surface area contributed by atoms with Crippen molar-refractivity contribution in [1.29, 1.82) is 0 Å². The molecule has 0 bridgehead atoms. The zero-order valence-electron chi connectivity index (χ0n) is 12.5. The SMILES string of the molecule is Nc1ccc(Cc2ccccc2)cc1-c1cccc([N+](=O)[O-])c1. The molecule has 0 aromatic heterocycles. The summed E-state index contributed by atoms with van der Waals surface area (Å²) in [5, 5.41) is 11.0. The van der Waals surface area contributed by atoms with Crippen LogP contribution in [0.4, 0.5) is 11.4 Å². The van der Waals surface area contributed by atoms with E-state index in [1.54, 1.807) is 12.1 Å². The Balaban J connectivity index is 1.98. The van der Waals surface area contributed by atoms with Crippen molar-refractivity contribution in [2.24, 2.45) is 0 Å². The summed E-state index contributed by atoms with van der Waals surface area (Å²) < 4.78 is 0. The predicted molar refractivity (Wildman–Crippen MR) is 92.2 cm³/mol. The van der Waals surface area contributed by atoms with Crippen molar-refractivity contribution in [2.75, 3.05) is 5.73 Å². The summed E-state index contributed by atoms with van der Waals surface area (Å²) in [6.45, 7) is 0. The molecule has 0 radical (unpaired) electrons. The van der Waals surface area contributed by atoms with Crippen LogP contribution in [0.3, 0.4) is 0 Å². The molecule has 0 spiro atoms. The van der Waals surface area contributed by atoms with Crippen LogP contribution in [0.15, 0.2) is 72.8 Å². The molecule has 4 heteroatoms. The zero-order valence-corrected chi connectivity index (χ0v) is 12.5. The lowest BCUT2D eigenvalue weighted by Crippen LogP contribution is -1.95. The van der Waals surface area contributed by atoms with E-state index in [-0.39, 0.29) is 5.69 Å². The average Bonchev–Trinajstić information content (AvgIpc) is 2.57. The number of nitrogens with two attached hydrogens (primary N) is 1. The summed E-state index contributed by atoms with van der Waals surface area (Å²) in [5.41, 5.74) is 10.7. The van der Waals surface area contributed by atoms with Gasteiger partial charge < -0.3 is 5.73 Å². The Hall–Kier alpha value is -3.14. The molecule has 4 nitrogen and oxygen atoms in total. The molecule has 3 aromatic carbocycles. The number of anilines is 1. The van der Waals surface area contributed by atoms with Gasteiger partial charge in [-0.05, 0) is 35.2 Å². The molecule has 0 aliphatic carbocycles. The van der Waals surface area contributed by atoms with Crippen molar-refractivity contribution in [1.82, 2.24) is 0 Å². The molecular formula is C19H16N2O2. The minimum atomic E-state index is -0.395. The molecule has 0 saturated heterocycles. The first-order chi connectivity index (χ1) is 11.1. The normalized spacial score (nSPS) is 10.4. The van der Waals surface area contributed by atoms with Gasteiger partial charge in [-0.15, -0.1) is 0 Å². The number of nitrogen functional groups attached to an aromatic ring is 1. The molecule has 23 heavy (non-hydrogen) atoms. The molecule has 3 aromatic rings. The van der Waals surface area contributed by atoms with Crippen LogP contribution in [-0.2, 0) is 6.42 Å². The van der Waals surface area contributed by atoms with E-state index in [2.05, 4.69) is 12.1 Å². The Kier molecular flexibility index (Phi) is 4.06. The Bertz CT molecular complexity index is 845. The lowest BCUT2D eigenvalue weighted by Gasteiger charge is -2.09. The molecule has 0 heterocycles. The molecule has 3 rings (SSSR count). The van der Waals surface area contributed by atoms with Gasteiger partial charge in [-0.2, -0.15) is 0 Å². The smallest absolute Gasteiger partial charge is 0.270 e. The third-order valence-electron chi connectivity index (χ3n) is 3.74. The van der Waals surface area contributed by atoms with Crippen molar-refractivity contribution in [3.63, 3.8) is 0 Å². The summed E-state index contributed by atoms with van der Waals surface area (Å²) >= 11 is 0. The quantitative estimate of drug-likeness (QED) is 0.440. The maximum absolute atomic E-state index is 11.0. The lowest BCUT2D eigenvalue weighted by molar-refractivity contribution is -0.384. The van der Waals surface area contributed by atoms with Gasteiger partial charge in [-0.3, -0.25) is 10.1 Å². The van der Waals surface area contributed by atoms with Gasteiger partial charge in [0.2, 0.25) is 0 Å². The summed E-state index contributed by atoms with van der Waals surface area (Å²) in [6, 6.07) is 22.5. The molecule has 0 amide bonds. The molecule has 0 fully saturated rings. The highest BCUT2D eigenvalue weighted by Crippen LogP contribution is 2.30. The highest BCUT2D eigenvalue weighted by Gasteiger charge is 2.10. The van der Waals surface area contributed by atoms with E-state index >= 15 is 0 Å². The number of rotatable bonds is 4. The Morgan fingerprint density at radius 1 is 0.870 bits per heavy atom. The molecular weight excluding hydrogens is 288 g/mol. The molecule has 0 atom stereocenters. The molecule has 0 unspecified atom stereocenters. The number of hydrogen-bond donors (Lipinski definition) is 1. The largest absolute Gasteiger partial charge is 0.398 e. The van der Waals surface area contributed by atoms with Crippen LogP contribution in [0, 0.1) is 10.1 Å². The number of nitrogens with zero attached hydrogens (tertiary/aromatic N) is 1. The van der Waals surface area contributed by atoms with Gasteiger partial charge in [-0.1, -0.05) is 48.5 Å². The van der Waals surface area contributed by atoms with Crippen LogP contribution in [0.5, 0.6) is 0 Å². The Labute approximate surface area is 134 Å². The van der Waals surface area contributed by atoms with Crippen LogP contribution in [0.1, 0.15) is 11.1 Å². The fraction of sp³-hybridized carbons (Fsp3) is 0.0526. The molecule has 0 saturated carbocycles. The Morgan fingerprint density at radius 2 is 1.65 bits per heavy atom. The first-order valence-electron chi connectivity index (χ1n) is 7.30. The van der Waals surface area contributed by atoms with E-state index in [4.69, 9.17) is 5.73 Å². The van der Waals surface area contributed by atoms with E-state index in [1.807, 2.05) is 42.5 Å². The van der Waals surface area contributed by atoms with Crippen LogP contribution >= 0.6 is 0 Å². The topological polar surface area (TPSA) is 69.2 Å². The fourth-order valence-corrected chi connectivity index (χ4v) is 2.58. The van der Waals surface area contributed by atoms with Gasteiger partial charge in [0.1, 0.15) is 0 Å². The third kappa shape index (κ3) is 3.37. The average molecular weight is 304 g/mol. The zero-order chi connectivity index (χ0) is 16.2. The minimum absolute atomic E-state index is 0.0652. The maximum Gasteiger partial charge on any atom is 0.270 e. The molecule has 114 valence electrons. The van der Waals surface area contributed by atoms with Crippen LogP contribution < -0.4 is 5.73 Å². The summed E-state index contributed by atoms with van der Waals surface area (Å²) in [7, 11) is 0. The second kappa shape index (κ2) is 6.32. The summed E-state index contributed by atoms with van der Waals surface area (Å²) in [4.78, 5) is 10.6. The first kappa shape index (κ1) is 14.8. The van der Waals surface area contributed by atoms with Crippen LogP contribution in [-0.4, -0.2) is 4.92 Å². The van der Waals surface area contributed by atoms with E-state index in [0.29, 0.717) is 5.69 Å². The van der Waals surface area contributed by atoms with Crippen molar-refractivity contribution in [2.45, 2.75) is 6.42 Å². The van der Waals surface area contributed by atoms with E-state index < -0.39 is 4.92 Å². The van der Waals surface area contributed by atoms with Crippen molar-refractivity contribution < 1.29 is 4.92 Å². The van der Waals surface area contributed by atoms with Gasteiger partial charge in [0.25, 0.3) is 5.69 Å². The maximum atomic E-state index is 11.0. The standard InChI is InChI=1S/C19H16N2O2/c20-19-10-9-15(11-14-5-2-1-3-6-14)12-18(19)16-7-4-8-17(13-16)21(22)23/h1-10,12-13H,11,20H2. The molecule has 0 aliphatic heterocycles. The number of nitro benzene ring substituents is 1. The van der Waals surface area contributed by atoms with Crippen LogP contribution in [0.2, 0.25) is 0 Å². The second-order valence-electron chi connectivity index (χ2n) is 5.39. The predicted octanol–water partition coefficient (Wildman–Crippen LogP) is 4.43. The number of nitro groups is 1. The number of hydrogen-bond acceptors (Lipinski definition) is 3. The van der Waals surface area contributed by atoms with E-state index in [0.717, 1.165) is 23.1 Å². The van der Waals surface area contributed by atoms with Gasteiger partial charge >= 0.3 is 0 Å². The van der Waals surface area contributed by atoms with Gasteiger partial charge in [-0.25, -0.2) is 0 Å². The van der Waals surface area contributed by atoms with Gasteiger partial charge in [0, 0.05) is 23.4 Å². The molecule has 2 N–H and O–H groups in total. The summed E-state index contributed by atoms with van der Waals surface area (Å²) in [5.74, 6) is 0. The van der Waals surface area contributed by atoms with E-state index in [9.17, 15) is 10.1 Å². The van der Waals surface area contributed by atoms with Crippen LogP contribution in [0.25, 0.3) is 11.1 Å². The highest BCUT2D eigenvalue weighted by molar-refractivity contribution is 5.78. The third-order valence-corrected chi connectivity index (χ3v) is 3.74. The van der Waals surface area contributed by atoms with Crippen molar-refractivity contribution >= 4 is 11.4 Å². The first-order valence-corrected chi connectivity index (χ1v) is 7.30. The minimum Gasteiger partial charge on any atom is -0.398 e. The van der Waals surface area contributed by atoms with Gasteiger partial charge in [0.05, 0.1) is 4.92 Å². The second-order valence-corrected chi connectivity index (χ2v) is 5.39. The lowest BCUT2D eigenvalue weighted by atomic mass is 9.97. The van der Waals surface area contributed by atoms with E-state index in [1.165, 1.54) is 11.6 Å². The van der Waals surface area contributed by atoms with Crippen molar-refractivity contribution in [3.05, 3.63) is 94.0 Å². The van der Waals surface area contributed by atoms with Gasteiger partial charge in [0.15, 0.2) is 0 Å². The Morgan fingerprint density at radius 3 is 2.39 bits per heavy atom. The number of benzene rings is 3. The highest BCUT2D eigenvalue weighted by atomic mass is 16.6. The monoisotopic (exact) mass is 304 g/mol. The fourth-order valence-electron chi connectivity index (χ4n) is 2.58.